The van der Waals surface area contributed by atoms with E-state index in [1.165, 1.54) is 10.8 Å². The van der Waals surface area contributed by atoms with E-state index in [2.05, 4.69) is 14.7 Å². The van der Waals surface area contributed by atoms with Gasteiger partial charge in [0.15, 0.2) is 5.65 Å². The van der Waals surface area contributed by atoms with E-state index in [-0.39, 0.29) is 22.8 Å². The van der Waals surface area contributed by atoms with Crippen molar-refractivity contribution in [2.45, 2.75) is 13.8 Å². The Balaban J connectivity index is 1.46. The number of carboxylic acid groups (broad SMARTS) is 1. The standard InChI is InChI=1S/C24H29N7O6S/c1-3-36-7-4-25-21(33)15-11-30(12-15)17-10-14(2)18-19(32)16(22(34)35)13-31(20(18)26-17)24-27-23(28-38-24)29-5-8-37-9-6-29/h10,13,15H,3-9,11-12H2,1-2H3,(H,25,33)(H,34,35). The first-order valence-corrected chi connectivity index (χ1v) is 13.2. The Morgan fingerprint density at radius 3 is 2.71 bits per heavy atom. The second-order valence-electron chi connectivity index (χ2n) is 9.11. The van der Waals surface area contributed by atoms with Crippen LogP contribution in [0.5, 0.6) is 0 Å². The van der Waals surface area contributed by atoms with E-state index < -0.39 is 11.4 Å². The van der Waals surface area contributed by atoms with Crippen molar-refractivity contribution in [2.75, 3.05) is 69.0 Å². The maximum absolute atomic E-state index is 13.1. The number of nitrogens with zero attached hydrogens (tertiary/aromatic N) is 6. The first-order chi connectivity index (χ1) is 18.4. The minimum atomic E-state index is -1.33. The van der Waals surface area contributed by atoms with Crippen LogP contribution in [0.1, 0.15) is 22.8 Å². The van der Waals surface area contributed by atoms with Crippen LogP contribution in [-0.2, 0) is 14.3 Å². The summed E-state index contributed by atoms with van der Waals surface area (Å²) in [6, 6.07) is 1.75. The molecule has 0 saturated carbocycles. The Hall–Kier alpha value is -3.62. The van der Waals surface area contributed by atoms with Crippen LogP contribution in [0.25, 0.3) is 16.2 Å². The maximum atomic E-state index is 13.1. The second-order valence-corrected chi connectivity index (χ2v) is 9.84. The highest BCUT2D eigenvalue weighted by molar-refractivity contribution is 7.08. The normalized spacial score (nSPS) is 16.1. The number of rotatable bonds is 9. The minimum absolute atomic E-state index is 0.0361. The smallest absolute Gasteiger partial charge is 0.341 e. The van der Waals surface area contributed by atoms with Crippen LogP contribution in [0, 0.1) is 12.8 Å². The number of carbonyl (C=O) groups excluding carboxylic acids is 1. The van der Waals surface area contributed by atoms with Crippen molar-refractivity contribution >= 4 is 46.2 Å². The van der Waals surface area contributed by atoms with Crippen LogP contribution in [-0.4, -0.2) is 95.0 Å². The quantitative estimate of drug-likeness (QED) is 0.366. The average Bonchev–Trinajstić information content (AvgIpc) is 3.36. The third kappa shape index (κ3) is 5.06. The zero-order valence-corrected chi connectivity index (χ0v) is 22.0. The summed E-state index contributed by atoms with van der Waals surface area (Å²) < 4.78 is 16.6. The molecule has 0 unspecified atom stereocenters. The number of fused-ring (bicyclic) bond motifs is 1. The number of morpholine rings is 1. The van der Waals surface area contributed by atoms with Gasteiger partial charge in [-0.3, -0.25) is 14.2 Å². The van der Waals surface area contributed by atoms with Gasteiger partial charge < -0.3 is 29.7 Å². The molecule has 2 N–H and O–H groups in total. The Bertz CT molecular complexity index is 1410. The van der Waals surface area contributed by atoms with Gasteiger partial charge in [-0.05, 0) is 25.5 Å². The first kappa shape index (κ1) is 26.0. The van der Waals surface area contributed by atoms with Crippen LogP contribution in [0.2, 0.25) is 0 Å². The van der Waals surface area contributed by atoms with E-state index >= 15 is 0 Å². The SMILES string of the molecule is CCOCCNC(=O)C1CN(c2cc(C)c3c(=O)c(C(=O)O)cn(-c4nc(N5CCOCC5)ns4)c3n2)C1. The molecule has 3 aromatic rings. The lowest BCUT2D eigenvalue weighted by Crippen LogP contribution is -2.54. The highest BCUT2D eigenvalue weighted by atomic mass is 32.1. The third-order valence-corrected chi connectivity index (χ3v) is 7.31. The summed E-state index contributed by atoms with van der Waals surface area (Å²) in [6.07, 6.45) is 1.26. The number of ether oxygens (including phenoxy) is 2. The second kappa shape index (κ2) is 11.0. The number of hydrogen-bond acceptors (Lipinski definition) is 11. The molecule has 0 atom stereocenters. The molecule has 14 heteroatoms. The Labute approximate surface area is 222 Å². The van der Waals surface area contributed by atoms with E-state index in [0.29, 0.717) is 87.3 Å². The lowest BCUT2D eigenvalue weighted by molar-refractivity contribution is -0.125. The van der Waals surface area contributed by atoms with Gasteiger partial charge in [0, 0.05) is 57.1 Å². The van der Waals surface area contributed by atoms with Crippen molar-refractivity contribution in [1.82, 2.24) is 24.2 Å². The minimum Gasteiger partial charge on any atom is -0.477 e. The average molecular weight is 544 g/mol. The van der Waals surface area contributed by atoms with Gasteiger partial charge in [-0.1, -0.05) is 0 Å². The van der Waals surface area contributed by atoms with Gasteiger partial charge in [0.05, 0.1) is 31.1 Å². The molecule has 202 valence electrons. The van der Waals surface area contributed by atoms with Gasteiger partial charge in [0.25, 0.3) is 0 Å². The Kier molecular flexibility index (Phi) is 7.53. The fourth-order valence-electron chi connectivity index (χ4n) is 4.50. The molecule has 0 aromatic carbocycles. The van der Waals surface area contributed by atoms with Crippen molar-refractivity contribution in [3.05, 3.63) is 33.6 Å². The number of amides is 1. The van der Waals surface area contributed by atoms with Crippen molar-refractivity contribution < 1.29 is 24.2 Å². The summed E-state index contributed by atoms with van der Waals surface area (Å²) in [5.41, 5.74) is -0.0851. The number of aromatic carboxylic acids is 1. The lowest BCUT2D eigenvalue weighted by atomic mass is 9.98. The van der Waals surface area contributed by atoms with Crippen LogP contribution in [0.15, 0.2) is 17.1 Å². The van der Waals surface area contributed by atoms with Crippen molar-refractivity contribution in [3.8, 4) is 5.13 Å². The highest BCUT2D eigenvalue weighted by Crippen LogP contribution is 2.29. The molecule has 2 fully saturated rings. The van der Waals surface area contributed by atoms with Crippen molar-refractivity contribution in [1.29, 1.82) is 0 Å². The number of carbonyl (C=O) groups is 2. The van der Waals surface area contributed by atoms with E-state index in [4.69, 9.17) is 14.5 Å². The molecule has 2 saturated heterocycles. The third-order valence-electron chi connectivity index (χ3n) is 6.60. The molecule has 0 aliphatic carbocycles. The number of aryl methyl sites for hydroxylation is 1. The van der Waals surface area contributed by atoms with E-state index in [1.807, 2.05) is 16.7 Å². The fraction of sp³-hybridized carbons (Fsp3) is 0.500. The van der Waals surface area contributed by atoms with Gasteiger partial charge in [-0.25, -0.2) is 9.78 Å². The molecule has 5 rings (SSSR count). The van der Waals surface area contributed by atoms with Crippen molar-refractivity contribution in [2.24, 2.45) is 5.92 Å². The van der Waals surface area contributed by atoms with Crippen LogP contribution < -0.4 is 20.5 Å². The predicted molar refractivity (Wildman–Crippen MR) is 141 cm³/mol. The number of aromatic nitrogens is 4. The topological polar surface area (TPSA) is 152 Å². The van der Waals surface area contributed by atoms with Gasteiger partial charge in [0.2, 0.25) is 22.4 Å². The van der Waals surface area contributed by atoms with E-state index in [0.717, 1.165) is 11.5 Å². The van der Waals surface area contributed by atoms with Gasteiger partial charge in [-0.2, -0.15) is 9.36 Å². The summed E-state index contributed by atoms with van der Waals surface area (Å²) in [7, 11) is 0. The molecule has 0 spiro atoms. The molecule has 0 radical (unpaired) electrons. The van der Waals surface area contributed by atoms with E-state index in [1.54, 1.807) is 13.0 Å². The van der Waals surface area contributed by atoms with Crippen LogP contribution in [0.3, 0.4) is 0 Å². The van der Waals surface area contributed by atoms with E-state index in [9.17, 15) is 19.5 Å². The number of carboxylic acids is 1. The summed E-state index contributed by atoms with van der Waals surface area (Å²) in [5, 5.41) is 13.2. The zero-order chi connectivity index (χ0) is 26.8. The molecule has 2 aliphatic rings. The highest BCUT2D eigenvalue weighted by Gasteiger charge is 2.34. The largest absolute Gasteiger partial charge is 0.477 e. The molecular formula is C24H29N7O6S. The van der Waals surface area contributed by atoms with Crippen molar-refractivity contribution in [3.63, 3.8) is 0 Å². The van der Waals surface area contributed by atoms with Crippen LogP contribution >= 0.6 is 11.5 Å². The van der Waals surface area contributed by atoms with Gasteiger partial charge in [0.1, 0.15) is 11.4 Å². The molecule has 38 heavy (non-hydrogen) atoms. The number of hydrogen-bond donors (Lipinski definition) is 2. The monoisotopic (exact) mass is 543 g/mol. The van der Waals surface area contributed by atoms with Gasteiger partial charge in [-0.15, -0.1) is 0 Å². The molecule has 0 bridgehead atoms. The summed E-state index contributed by atoms with van der Waals surface area (Å²) in [5.74, 6) is -0.419. The van der Waals surface area contributed by atoms with Crippen LogP contribution in [0.4, 0.5) is 11.8 Å². The van der Waals surface area contributed by atoms with Gasteiger partial charge >= 0.3 is 5.97 Å². The molecule has 3 aromatic heterocycles. The molecule has 2 aliphatic heterocycles. The maximum Gasteiger partial charge on any atom is 0.341 e. The predicted octanol–water partition coefficient (Wildman–Crippen LogP) is 0.669. The fourth-order valence-corrected chi connectivity index (χ4v) is 5.17. The molecule has 1 amide bonds. The lowest BCUT2D eigenvalue weighted by Gasteiger charge is -2.39. The number of nitrogens with one attached hydrogen (secondary N) is 1. The molecule has 13 nitrogen and oxygen atoms in total. The summed E-state index contributed by atoms with van der Waals surface area (Å²) in [4.78, 5) is 50.8. The summed E-state index contributed by atoms with van der Waals surface area (Å²) in [6.45, 7) is 8.60. The molecule has 5 heterocycles. The number of pyridine rings is 2. The molecular weight excluding hydrogens is 514 g/mol. The Morgan fingerprint density at radius 1 is 1.24 bits per heavy atom. The Morgan fingerprint density at radius 2 is 2.00 bits per heavy atom. The number of anilines is 2. The zero-order valence-electron chi connectivity index (χ0n) is 21.2. The first-order valence-electron chi connectivity index (χ1n) is 12.4. The summed E-state index contributed by atoms with van der Waals surface area (Å²) >= 11 is 1.10.